The van der Waals surface area contributed by atoms with Crippen LogP contribution in [0.1, 0.15) is 8.97 Å². The Morgan fingerprint density at radius 2 is 2.50 bits per heavy atom. The maximum absolute atomic E-state index is 13.5. The first kappa shape index (κ1) is 12.1. The second kappa shape index (κ2) is 5.03. The van der Waals surface area contributed by atoms with Gasteiger partial charge in [0, 0.05) is 0 Å². The van der Waals surface area contributed by atoms with Gasteiger partial charge in [0.25, 0.3) is 0 Å². The molecule has 0 aromatic carbocycles. The summed E-state index contributed by atoms with van der Waals surface area (Å²) in [7, 11) is 0. The summed E-state index contributed by atoms with van der Waals surface area (Å²) in [6, 6.07) is 0. The smallest absolute Gasteiger partial charge is 0.351 e. The van der Waals surface area contributed by atoms with Crippen LogP contribution in [0.25, 0.3) is 0 Å². The number of halogens is 2. The third kappa shape index (κ3) is 2.05. The van der Waals surface area contributed by atoms with Gasteiger partial charge >= 0.3 is 5.69 Å². The molecule has 20 heavy (non-hydrogen) atoms. The number of aromatic nitrogens is 2. The Morgan fingerprint density at radius 3 is 3.05 bits per heavy atom. The summed E-state index contributed by atoms with van der Waals surface area (Å²) >= 11 is 6.04. The number of ether oxygens (including phenoxy) is 1. The van der Waals surface area contributed by atoms with E-state index in [4.69, 9.17) is 31.2 Å². The van der Waals surface area contributed by atoms with E-state index >= 15 is 0 Å². The van der Waals surface area contributed by atoms with Crippen molar-refractivity contribution in [2.45, 2.75) is 23.3 Å². The predicted octanol–water partition coefficient (Wildman–Crippen LogP) is -1.17. The number of alkyl halides is 1. The van der Waals surface area contributed by atoms with Gasteiger partial charge in [0.05, 0.1) is 15.5 Å². The zero-order valence-electron chi connectivity index (χ0n) is 11.8. The van der Waals surface area contributed by atoms with Gasteiger partial charge in [0.2, 0.25) is 0 Å². The van der Waals surface area contributed by atoms with Crippen LogP contribution in [0.5, 0.6) is 0 Å². The molecular formula is C11H11ClFN3O4. The quantitative estimate of drug-likeness (QED) is 0.469. The molecule has 2 rings (SSSR count). The van der Waals surface area contributed by atoms with Gasteiger partial charge in [-0.15, -0.1) is 6.42 Å². The molecule has 7 nitrogen and oxygen atoms in total. The summed E-state index contributed by atoms with van der Waals surface area (Å²) in [4.78, 5) is 12.9. The van der Waals surface area contributed by atoms with Gasteiger partial charge in [0.15, 0.2) is 22.7 Å². The monoisotopic (exact) mass is 305 g/mol. The van der Waals surface area contributed by atoms with Crippen molar-refractivity contribution < 1.29 is 22.1 Å². The molecule has 9 heteroatoms. The first-order chi connectivity index (χ1) is 10.0. The van der Waals surface area contributed by atoms with Crippen molar-refractivity contribution in [2.24, 2.45) is 0 Å². The highest BCUT2D eigenvalue weighted by Gasteiger charge is 2.55. The molecule has 0 saturated carbocycles. The number of terminal acetylenes is 1. The van der Waals surface area contributed by atoms with Crippen LogP contribution < -0.4 is 11.4 Å². The van der Waals surface area contributed by atoms with Crippen molar-refractivity contribution in [3.63, 3.8) is 0 Å². The van der Waals surface area contributed by atoms with E-state index in [0.717, 1.165) is 0 Å². The molecule has 1 saturated heterocycles. The van der Waals surface area contributed by atoms with E-state index in [1.807, 2.05) is 5.92 Å². The second-order valence-corrected chi connectivity index (χ2v) is 4.68. The van der Waals surface area contributed by atoms with E-state index in [1.54, 1.807) is 0 Å². The minimum Gasteiger partial charge on any atom is -0.394 e. The maximum atomic E-state index is 13.5. The summed E-state index contributed by atoms with van der Waals surface area (Å²) in [5.41, 5.74) is 4.08. The maximum Gasteiger partial charge on any atom is 0.351 e. The van der Waals surface area contributed by atoms with E-state index in [1.165, 1.54) is 0 Å². The fourth-order valence-electron chi connectivity index (χ4n) is 1.83. The summed E-state index contributed by atoms with van der Waals surface area (Å²) in [6.45, 7) is -3.01. The van der Waals surface area contributed by atoms with Gasteiger partial charge < -0.3 is 20.7 Å². The van der Waals surface area contributed by atoms with Gasteiger partial charge in [-0.2, -0.15) is 4.98 Å². The molecule has 0 aliphatic carbocycles. The van der Waals surface area contributed by atoms with Crippen molar-refractivity contribution in [2.75, 3.05) is 12.3 Å². The molecule has 0 radical (unpaired) electrons. The molecule has 0 bridgehead atoms. The normalized spacial score (nSPS) is 35.2. The van der Waals surface area contributed by atoms with E-state index in [2.05, 4.69) is 4.98 Å². The number of rotatable bonds is 2. The van der Waals surface area contributed by atoms with E-state index < -0.39 is 47.2 Å². The lowest BCUT2D eigenvalue weighted by Gasteiger charge is -2.25. The zero-order chi connectivity index (χ0) is 16.9. The van der Waals surface area contributed by atoms with Gasteiger partial charge in [-0.25, -0.2) is 9.18 Å². The first-order valence-corrected chi connectivity index (χ1v) is 5.67. The molecule has 1 fully saturated rings. The topological polar surface area (TPSA) is 111 Å². The molecule has 4 atom stereocenters. The lowest BCUT2D eigenvalue weighted by atomic mass is 9.99. The van der Waals surface area contributed by atoms with Crippen molar-refractivity contribution >= 4 is 17.4 Å². The van der Waals surface area contributed by atoms with Crippen molar-refractivity contribution in [1.82, 2.24) is 9.55 Å². The Morgan fingerprint density at radius 1 is 1.85 bits per heavy atom. The molecule has 1 aromatic heterocycles. The number of nitrogens with two attached hydrogens (primary N) is 1. The number of hydrogen-bond acceptors (Lipinski definition) is 6. The predicted molar refractivity (Wildman–Crippen MR) is 67.3 cm³/mol. The number of anilines is 1. The molecule has 1 aliphatic rings. The van der Waals surface area contributed by atoms with Crippen molar-refractivity contribution in [1.29, 1.82) is 0 Å². The summed E-state index contributed by atoms with van der Waals surface area (Å²) in [5, 5.41) is 19.4. The highest BCUT2D eigenvalue weighted by molar-refractivity contribution is 6.27. The fourth-order valence-corrected chi connectivity index (χ4v) is 2.10. The van der Waals surface area contributed by atoms with E-state index in [0.29, 0.717) is 10.8 Å². The minimum absolute atomic E-state index is 0.535. The van der Waals surface area contributed by atoms with Gasteiger partial charge in [-0.05, 0) is 0 Å². The number of hydrogen-bond donors (Lipinski definition) is 3. The van der Waals surface area contributed by atoms with Gasteiger partial charge in [-0.3, -0.25) is 4.57 Å². The average Bonchev–Trinajstić information content (AvgIpc) is 2.67. The fraction of sp³-hybridized carbons (Fsp3) is 0.455. The van der Waals surface area contributed by atoms with Gasteiger partial charge in [-0.1, -0.05) is 17.5 Å². The Balaban J connectivity index is 2.58. The summed E-state index contributed by atoms with van der Waals surface area (Å²) in [6.07, 6.45) is 0.436. The van der Waals surface area contributed by atoms with Crippen LogP contribution in [-0.2, 0) is 4.74 Å². The molecule has 0 amide bonds. The minimum atomic E-state index is -3.01. The van der Waals surface area contributed by atoms with Gasteiger partial charge in [0.1, 0.15) is 12.2 Å². The number of aliphatic hydroxyl groups is 2. The van der Waals surface area contributed by atoms with E-state index in [-0.39, 0.29) is 0 Å². The second-order valence-electron chi connectivity index (χ2n) is 4.06. The van der Waals surface area contributed by atoms with Crippen molar-refractivity contribution in [3.8, 4) is 12.3 Å². The Bertz CT molecular complexity index is 704. The first-order valence-electron chi connectivity index (χ1n) is 6.29. The molecule has 108 valence electrons. The van der Waals surface area contributed by atoms with Crippen LogP contribution in [0.15, 0.2) is 11.0 Å². The van der Waals surface area contributed by atoms with Crippen LogP contribution in [-0.4, -0.2) is 43.4 Å². The molecular weight excluding hydrogens is 293 g/mol. The van der Waals surface area contributed by atoms with Crippen LogP contribution >= 0.6 is 11.6 Å². The highest BCUT2D eigenvalue weighted by atomic mass is 35.5. The van der Waals surface area contributed by atoms with Crippen LogP contribution in [0.2, 0.25) is 0 Å². The Labute approximate surface area is 120 Å². The van der Waals surface area contributed by atoms with Crippen LogP contribution in [0.4, 0.5) is 10.2 Å². The average molecular weight is 306 g/mol. The molecule has 1 aliphatic heterocycles. The van der Waals surface area contributed by atoms with Crippen molar-refractivity contribution in [3.05, 3.63) is 22.5 Å². The Kier molecular flexibility index (Phi) is 3.05. The number of nitrogen functional groups attached to an aromatic ring is 1. The highest BCUT2D eigenvalue weighted by Crippen LogP contribution is 2.42. The number of aliphatic hydroxyl groups excluding tert-OH is 1. The SMILES string of the molecule is [2H]C([2H])(O)[C@H]1O[C@@H](n2cc(F)c(N)nc2=O)C(Cl)(C#C)[C@H]1O. The summed E-state index contributed by atoms with van der Waals surface area (Å²) in [5.74, 6) is 0.250. The largest absolute Gasteiger partial charge is 0.394 e. The Hall–Kier alpha value is -1.66. The third-order valence-electron chi connectivity index (χ3n) is 2.89. The third-order valence-corrected chi connectivity index (χ3v) is 3.41. The standard InChI is InChI=1S/C11H11ClFN3O4/c1-2-11(12)7(18)6(4-17)20-9(11)16-3-5(13)8(14)15-10(16)19/h1,3,6-7,9,17-18H,4H2,(H2,14,15,19)/t6-,7+,9-,11?/m1/s1/i4D2. The molecule has 2 heterocycles. The van der Waals surface area contributed by atoms with Crippen LogP contribution in [0.3, 0.4) is 0 Å². The number of nitrogens with zero attached hydrogens (tertiary/aromatic N) is 2. The lowest BCUT2D eigenvalue weighted by Crippen LogP contribution is -2.43. The van der Waals surface area contributed by atoms with Crippen LogP contribution in [0, 0.1) is 18.2 Å². The molecule has 1 aromatic rings. The molecule has 1 unspecified atom stereocenters. The molecule has 0 spiro atoms. The zero-order valence-corrected chi connectivity index (χ0v) is 10.6. The lowest BCUT2D eigenvalue weighted by molar-refractivity contribution is -0.0466. The molecule has 4 N–H and O–H groups in total. The summed E-state index contributed by atoms with van der Waals surface area (Å²) < 4.78 is 33.5. The van der Waals surface area contributed by atoms with E-state index in [9.17, 15) is 19.4 Å².